The number of hydrogen-bond acceptors (Lipinski definition) is 8. The predicted octanol–water partition coefficient (Wildman–Crippen LogP) is 16.0. The summed E-state index contributed by atoms with van der Waals surface area (Å²) in [5.74, 6) is -0.304. The summed E-state index contributed by atoms with van der Waals surface area (Å²) >= 11 is 2.99. The van der Waals surface area contributed by atoms with Crippen molar-refractivity contribution in [2.45, 2.75) is 48.5 Å². The van der Waals surface area contributed by atoms with E-state index in [9.17, 15) is 0 Å². The van der Waals surface area contributed by atoms with Gasteiger partial charge in [0.05, 0.1) is 0 Å². The number of benzene rings is 11. The van der Waals surface area contributed by atoms with Crippen molar-refractivity contribution in [1.29, 1.82) is 0 Å². The molecule has 0 unspecified atom stereocenters. The monoisotopic (exact) mass is 1270 g/mol. The van der Waals surface area contributed by atoms with Crippen molar-refractivity contribution < 1.29 is 45.3 Å². The maximum atomic E-state index is 17.7. The number of fused-ring (bicyclic) bond motifs is 16. The normalized spacial score (nSPS) is 13.8. The summed E-state index contributed by atoms with van der Waals surface area (Å²) in [4.78, 5) is 3.22. The number of para-hydroxylation sites is 2. The van der Waals surface area contributed by atoms with Gasteiger partial charge in [-0.25, -0.2) is 26.3 Å². The third-order valence-corrected chi connectivity index (χ3v) is 22.2. The molecular weight excluding hydrogens is 1230 g/mol. The van der Waals surface area contributed by atoms with Crippen LogP contribution in [0.2, 0.25) is 0 Å². The fourth-order valence-corrected chi connectivity index (χ4v) is 18.9. The molecule has 17 heteroatoms. The fourth-order valence-electron chi connectivity index (χ4n) is 16.4. The molecule has 6 nitrogen and oxygen atoms in total. The second-order valence-electron chi connectivity index (χ2n) is 25.8. The van der Waals surface area contributed by atoms with Crippen LogP contribution in [0.3, 0.4) is 0 Å². The summed E-state index contributed by atoms with van der Waals surface area (Å²) in [7, 11) is 0. The van der Waals surface area contributed by atoms with Crippen molar-refractivity contribution in [3.05, 3.63) is 232 Å². The lowest BCUT2D eigenvalue weighted by Gasteiger charge is -2.46. The molecule has 8 heterocycles. The zero-order chi connectivity index (χ0) is 63.9. The molecule has 452 valence electrons. The average molecular weight is 1270 g/mol. The van der Waals surface area contributed by atoms with Crippen molar-refractivity contribution in [2.75, 3.05) is 9.80 Å². The Labute approximate surface area is 545 Å². The van der Waals surface area contributed by atoms with E-state index in [1.165, 1.54) is 83.3 Å². The van der Waals surface area contributed by atoms with Gasteiger partial charge in [0.1, 0.15) is 92.3 Å². The summed E-state index contributed by atoms with van der Waals surface area (Å²) in [6, 6.07) is 45.1. The topological polar surface area (TPSA) is 43.4 Å². The van der Waals surface area contributed by atoms with E-state index in [4.69, 9.17) is 18.9 Å². The van der Waals surface area contributed by atoms with E-state index in [1.807, 2.05) is 76.2 Å². The fraction of sp³-hybridized carbons (Fsp3) is 0.0909. The summed E-state index contributed by atoms with van der Waals surface area (Å²) in [6.45, 7) is 12.2. The minimum Gasteiger partial charge on any atom is -0.458 e. The number of ether oxygens (including phenoxy) is 4. The number of halogens is 6. The highest BCUT2D eigenvalue weighted by atomic mass is 32.1. The molecule has 6 aliphatic rings. The van der Waals surface area contributed by atoms with Crippen LogP contribution >= 0.6 is 22.7 Å². The van der Waals surface area contributed by atoms with Crippen LogP contribution in [0.5, 0.6) is 46.0 Å². The maximum absolute atomic E-state index is 17.7. The first-order valence-corrected chi connectivity index (χ1v) is 32.7. The van der Waals surface area contributed by atoms with Gasteiger partial charge in [0, 0.05) is 75.5 Å². The van der Waals surface area contributed by atoms with E-state index in [2.05, 4.69) is 57.2 Å². The van der Waals surface area contributed by atoms with Crippen LogP contribution in [0.25, 0.3) is 42.4 Å². The quantitative estimate of drug-likeness (QED) is 0.129. The Kier molecular flexibility index (Phi) is 11.5. The minimum atomic E-state index is -0.863. The Morgan fingerprint density at radius 1 is 0.340 bits per heavy atom. The SMILES string of the molecule is Cc1cc(C)c(-c2cc3c4c(c2)Oc2c(sc5ccc(F)cc25)B4c2cc4c(cc2O3)N(c2c(F)cccc2F)c2cc(-c3c(C)cc(C)cc3C)cc3c2B4c2cc4c(cc2N3c2c(F)cccc2F)Oc2cc(C)cc3c2B4c2sc4ccc(F)cc4c2O3)c(C)c1. The first-order chi connectivity index (χ1) is 45.4. The number of thiophene rings is 2. The Balaban J connectivity index is 0.949. The van der Waals surface area contributed by atoms with E-state index in [1.54, 1.807) is 21.9 Å². The van der Waals surface area contributed by atoms with E-state index in [0.717, 1.165) is 85.5 Å². The van der Waals surface area contributed by atoms with Crippen LogP contribution in [-0.2, 0) is 0 Å². The van der Waals surface area contributed by atoms with Crippen LogP contribution in [-0.4, -0.2) is 20.1 Å². The van der Waals surface area contributed by atoms with Gasteiger partial charge in [0.15, 0.2) is 0 Å². The smallest absolute Gasteiger partial charge is 0.273 e. The van der Waals surface area contributed by atoms with Crippen molar-refractivity contribution >= 4 is 145 Å². The lowest BCUT2D eigenvalue weighted by atomic mass is 9.30. The number of anilines is 6. The zero-order valence-electron chi connectivity index (χ0n) is 51.4. The molecule has 0 saturated heterocycles. The largest absolute Gasteiger partial charge is 0.458 e. The van der Waals surface area contributed by atoms with Crippen molar-refractivity contribution in [1.82, 2.24) is 0 Å². The second kappa shape index (κ2) is 19.5. The summed E-state index contributed by atoms with van der Waals surface area (Å²) < 4.78 is 133. The highest BCUT2D eigenvalue weighted by Crippen LogP contribution is 2.52. The third kappa shape index (κ3) is 7.70. The van der Waals surface area contributed by atoms with Gasteiger partial charge in [-0.2, -0.15) is 0 Å². The molecular formula is C77H47B3F6N2O4S2. The number of aryl methyl sites for hydroxylation is 7. The lowest BCUT2D eigenvalue weighted by Crippen LogP contribution is -2.65. The maximum Gasteiger partial charge on any atom is 0.273 e. The molecule has 6 aliphatic heterocycles. The molecule has 11 aromatic carbocycles. The predicted molar refractivity (Wildman–Crippen MR) is 370 cm³/mol. The second-order valence-corrected chi connectivity index (χ2v) is 28.0. The molecule has 0 radical (unpaired) electrons. The first kappa shape index (κ1) is 55.5. The highest BCUT2D eigenvalue weighted by Gasteiger charge is 2.51. The lowest BCUT2D eigenvalue weighted by molar-refractivity contribution is 0.467. The van der Waals surface area contributed by atoms with Crippen molar-refractivity contribution in [2.24, 2.45) is 0 Å². The van der Waals surface area contributed by atoms with E-state index in [-0.39, 0.29) is 11.4 Å². The average Bonchev–Trinajstić information content (AvgIpc) is 1.17. The van der Waals surface area contributed by atoms with Gasteiger partial charge in [-0.1, -0.05) is 59.7 Å². The first-order valence-electron chi connectivity index (χ1n) is 31.1. The molecule has 0 bridgehead atoms. The molecule has 0 aliphatic carbocycles. The van der Waals surface area contributed by atoms with Gasteiger partial charge >= 0.3 is 0 Å². The van der Waals surface area contributed by atoms with E-state index in [0.29, 0.717) is 112 Å². The summed E-state index contributed by atoms with van der Waals surface area (Å²) in [6.07, 6.45) is 0. The molecule has 0 atom stereocenters. The molecule has 0 spiro atoms. The molecule has 0 fully saturated rings. The van der Waals surface area contributed by atoms with Gasteiger partial charge in [-0.15, -0.1) is 22.7 Å². The summed E-state index contributed by atoms with van der Waals surface area (Å²) in [5.41, 5.74) is 15.5. The van der Waals surface area contributed by atoms with Gasteiger partial charge in [-0.3, -0.25) is 0 Å². The van der Waals surface area contributed by atoms with Gasteiger partial charge in [0.2, 0.25) is 0 Å². The Morgan fingerprint density at radius 3 is 1.16 bits per heavy atom. The third-order valence-electron chi connectivity index (χ3n) is 19.8. The molecule has 0 saturated carbocycles. The van der Waals surface area contributed by atoms with E-state index >= 15 is 26.3 Å². The molecule has 94 heavy (non-hydrogen) atoms. The highest BCUT2D eigenvalue weighted by molar-refractivity contribution is 7.33. The van der Waals surface area contributed by atoms with Crippen LogP contribution in [0, 0.1) is 83.4 Å². The Hall–Kier alpha value is -10.1. The zero-order valence-corrected chi connectivity index (χ0v) is 53.0. The van der Waals surface area contributed by atoms with Crippen LogP contribution in [0.4, 0.5) is 60.5 Å². The van der Waals surface area contributed by atoms with Gasteiger partial charge < -0.3 is 28.7 Å². The summed E-state index contributed by atoms with van der Waals surface area (Å²) in [5, 5.41) is 1.22. The number of nitrogens with zero attached hydrogens (tertiary/aromatic N) is 2. The van der Waals surface area contributed by atoms with Crippen LogP contribution in [0.1, 0.15) is 38.9 Å². The van der Waals surface area contributed by atoms with Crippen molar-refractivity contribution in [3.63, 3.8) is 0 Å². The molecule has 0 amide bonds. The van der Waals surface area contributed by atoms with E-state index < -0.39 is 55.0 Å². The van der Waals surface area contributed by atoms with Crippen LogP contribution < -0.4 is 76.5 Å². The Morgan fingerprint density at radius 2 is 0.723 bits per heavy atom. The standard InChI is InChI=1S/C77H47B3F6N2O4S2/c1-34-18-37(4)67(38(5)19-34)41-24-57-69-58(25-41)88(73-53(85)12-9-13-54(73)86)56-33-60-50(80-71-63(90-60)26-42(68-39(6)20-35(2)21-40(68)7)27-64(71)92-75-46-29-44(82)15-17-66(46)94-77(75)80)31-48(56)78(69)47-30-49-59(32-55(47)87(57)72-51(83)10-8-11-52(72)84)89-61-22-36(3)23-62-70(61)79(49)76-74(91-62)45-28-43(81)14-16-65(45)93-76/h8-33H,1-7H3. The molecule has 0 N–H and O–H groups in total. The minimum absolute atomic E-state index is 0.351. The Bertz CT molecular complexity index is 5620. The number of rotatable bonds is 4. The van der Waals surface area contributed by atoms with Crippen LogP contribution in [0.15, 0.2) is 158 Å². The number of hydrogen-bond donors (Lipinski definition) is 0. The molecule has 2 aromatic heterocycles. The van der Waals surface area contributed by atoms with Gasteiger partial charge in [-0.05, 0) is 223 Å². The molecule has 19 rings (SSSR count). The molecule has 13 aromatic rings. The van der Waals surface area contributed by atoms with Gasteiger partial charge in [0.25, 0.3) is 20.1 Å². The van der Waals surface area contributed by atoms with Crippen molar-refractivity contribution in [3.8, 4) is 68.2 Å².